The minimum Gasteiger partial charge on any atom is -0.327 e. The maximum Gasteiger partial charge on any atom is 0.104 e. The van der Waals surface area contributed by atoms with Gasteiger partial charge in [0.1, 0.15) is 12.3 Å². The number of halogens is 2. The van der Waals surface area contributed by atoms with Gasteiger partial charge in [-0.2, -0.15) is 0 Å². The SMILES string of the molecule is NC1CC(F)CC(F)C1. The second-order valence-corrected chi connectivity index (χ2v) is 2.66. The minimum absolute atomic E-state index is 0.0493. The van der Waals surface area contributed by atoms with E-state index in [0.29, 0.717) is 12.8 Å². The minimum atomic E-state index is -1.01. The highest BCUT2D eigenvalue weighted by Gasteiger charge is 2.25. The van der Waals surface area contributed by atoms with E-state index in [2.05, 4.69) is 0 Å². The quantitative estimate of drug-likeness (QED) is 0.530. The molecule has 54 valence electrons. The topological polar surface area (TPSA) is 26.0 Å². The fourth-order valence-electron chi connectivity index (χ4n) is 1.22. The molecule has 0 aromatic heterocycles. The predicted octanol–water partition coefficient (Wildman–Crippen LogP) is 1.17. The molecular formula is C6H11F2N. The van der Waals surface area contributed by atoms with E-state index in [-0.39, 0.29) is 12.5 Å². The van der Waals surface area contributed by atoms with Gasteiger partial charge in [-0.1, -0.05) is 0 Å². The van der Waals surface area contributed by atoms with E-state index < -0.39 is 12.3 Å². The van der Waals surface area contributed by atoms with Gasteiger partial charge in [0.05, 0.1) is 0 Å². The lowest BCUT2D eigenvalue weighted by Crippen LogP contribution is -2.34. The van der Waals surface area contributed by atoms with Crippen LogP contribution in [0.5, 0.6) is 0 Å². The number of hydrogen-bond donors (Lipinski definition) is 1. The van der Waals surface area contributed by atoms with Gasteiger partial charge in [-0.25, -0.2) is 8.78 Å². The largest absolute Gasteiger partial charge is 0.327 e. The highest BCUT2D eigenvalue weighted by Crippen LogP contribution is 2.22. The first kappa shape index (κ1) is 6.93. The lowest BCUT2D eigenvalue weighted by Gasteiger charge is -2.23. The van der Waals surface area contributed by atoms with Gasteiger partial charge >= 0.3 is 0 Å². The predicted molar refractivity (Wildman–Crippen MR) is 31.6 cm³/mol. The molecule has 0 amide bonds. The van der Waals surface area contributed by atoms with Crippen molar-refractivity contribution in [2.45, 2.75) is 37.6 Å². The molecule has 0 aliphatic heterocycles. The van der Waals surface area contributed by atoms with E-state index in [4.69, 9.17) is 5.73 Å². The summed E-state index contributed by atoms with van der Waals surface area (Å²) in [7, 11) is 0. The Morgan fingerprint density at radius 3 is 1.78 bits per heavy atom. The van der Waals surface area contributed by atoms with Crippen molar-refractivity contribution in [3.05, 3.63) is 0 Å². The van der Waals surface area contributed by atoms with Gasteiger partial charge in [-0.15, -0.1) is 0 Å². The Bertz CT molecular complexity index is 72.0. The van der Waals surface area contributed by atoms with E-state index in [9.17, 15) is 8.78 Å². The summed E-state index contributed by atoms with van der Waals surface area (Å²) < 4.78 is 24.7. The van der Waals surface area contributed by atoms with Gasteiger partial charge in [-0.3, -0.25) is 0 Å². The van der Waals surface area contributed by atoms with Crippen LogP contribution in [0.4, 0.5) is 8.78 Å². The Labute approximate surface area is 53.2 Å². The summed E-state index contributed by atoms with van der Waals surface area (Å²) >= 11 is 0. The summed E-state index contributed by atoms with van der Waals surface area (Å²) in [4.78, 5) is 0. The first-order valence-corrected chi connectivity index (χ1v) is 3.22. The van der Waals surface area contributed by atoms with Crippen LogP contribution in [0.3, 0.4) is 0 Å². The molecule has 1 nitrogen and oxygen atoms in total. The van der Waals surface area contributed by atoms with Crippen molar-refractivity contribution in [1.29, 1.82) is 0 Å². The zero-order chi connectivity index (χ0) is 6.85. The highest BCUT2D eigenvalue weighted by atomic mass is 19.1. The van der Waals surface area contributed by atoms with E-state index in [1.807, 2.05) is 0 Å². The summed E-state index contributed by atoms with van der Waals surface area (Å²) in [5.41, 5.74) is 5.34. The third-order valence-corrected chi connectivity index (χ3v) is 1.63. The van der Waals surface area contributed by atoms with E-state index in [1.165, 1.54) is 0 Å². The Morgan fingerprint density at radius 1 is 1.00 bits per heavy atom. The molecule has 1 fully saturated rings. The van der Waals surface area contributed by atoms with Crippen LogP contribution in [-0.4, -0.2) is 18.4 Å². The zero-order valence-electron chi connectivity index (χ0n) is 5.19. The smallest absolute Gasteiger partial charge is 0.104 e. The highest BCUT2D eigenvalue weighted by molar-refractivity contribution is 4.80. The van der Waals surface area contributed by atoms with Crippen LogP contribution in [0.2, 0.25) is 0 Å². The summed E-state index contributed by atoms with van der Waals surface area (Å²) in [5, 5.41) is 0. The lowest BCUT2D eigenvalue weighted by atomic mass is 9.93. The molecule has 2 N–H and O–H groups in total. The third-order valence-electron chi connectivity index (χ3n) is 1.63. The molecule has 3 heteroatoms. The molecular weight excluding hydrogens is 124 g/mol. The van der Waals surface area contributed by atoms with E-state index in [1.54, 1.807) is 0 Å². The second-order valence-electron chi connectivity index (χ2n) is 2.66. The zero-order valence-corrected chi connectivity index (χ0v) is 5.19. The Morgan fingerprint density at radius 2 is 1.44 bits per heavy atom. The van der Waals surface area contributed by atoms with Crippen LogP contribution in [0, 0.1) is 0 Å². The normalized spacial score (nSPS) is 45.0. The van der Waals surface area contributed by atoms with Crippen LogP contribution < -0.4 is 5.73 Å². The number of rotatable bonds is 0. The molecule has 2 atom stereocenters. The molecule has 9 heavy (non-hydrogen) atoms. The third kappa shape index (κ3) is 1.90. The van der Waals surface area contributed by atoms with Gasteiger partial charge in [0, 0.05) is 12.5 Å². The van der Waals surface area contributed by atoms with E-state index in [0.717, 1.165) is 0 Å². The summed E-state index contributed by atoms with van der Waals surface area (Å²) in [6, 6.07) is -0.260. The molecule has 1 aliphatic rings. The van der Waals surface area contributed by atoms with Gasteiger partial charge in [0.15, 0.2) is 0 Å². The lowest BCUT2D eigenvalue weighted by molar-refractivity contribution is 0.144. The Kier molecular flexibility index (Phi) is 2.01. The average Bonchev–Trinajstić information content (AvgIpc) is 1.59. The fraction of sp³-hybridized carbons (Fsp3) is 1.00. The maximum absolute atomic E-state index is 12.4. The molecule has 0 aromatic carbocycles. The van der Waals surface area contributed by atoms with Crippen molar-refractivity contribution < 1.29 is 8.78 Å². The van der Waals surface area contributed by atoms with Crippen molar-refractivity contribution in [3.63, 3.8) is 0 Å². The molecule has 0 saturated heterocycles. The molecule has 1 aliphatic carbocycles. The van der Waals surface area contributed by atoms with Gasteiger partial charge in [0.25, 0.3) is 0 Å². The Hall–Kier alpha value is -0.180. The molecule has 0 radical (unpaired) electrons. The number of alkyl halides is 2. The van der Waals surface area contributed by atoms with Gasteiger partial charge in [0.2, 0.25) is 0 Å². The maximum atomic E-state index is 12.4. The summed E-state index contributed by atoms with van der Waals surface area (Å²) in [6.07, 6.45) is -1.30. The fourth-order valence-corrected chi connectivity index (χ4v) is 1.22. The summed E-state index contributed by atoms with van der Waals surface area (Å²) in [5.74, 6) is 0. The number of hydrogen-bond acceptors (Lipinski definition) is 1. The van der Waals surface area contributed by atoms with Gasteiger partial charge in [-0.05, 0) is 12.8 Å². The first-order chi connectivity index (χ1) is 4.18. The van der Waals surface area contributed by atoms with Crippen molar-refractivity contribution in [1.82, 2.24) is 0 Å². The molecule has 0 bridgehead atoms. The van der Waals surface area contributed by atoms with Crippen LogP contribution in [-0.2, 0) is 0 Å². The molecule has 1 saturated carbocycles. The van der Waals surface area contributed by atoms with Crippen LogP contribution in [0.15, 0.2) is 0 Å². The standard InChI is InChI=1S/C6H11F2N/c7-4-1-5(8)3-6(9)2-4/h4-6H,1-3,9H2. The van der Waals surface area contributed by atoms with Crippen LogP contribution in [0.1, 0.15) is 19.3 Å². The van der Waals surface area contributed by atoms with Crippen molar-refractivity contribution >= 4 is 0 Å². The first-order valence-electron chi connectivity index (χ1n) is 3.22. The molecule has 0 spiro atoms. The molecule has 1 rings (SSSR count). The molecule has 0 heterocycles. The van der Waals surface area contributed by atoms with Crippen LogP contribution in [0.25, 0.3) is 0 Å². The second kappa shape index (κ2) is 2.60. The van der Waals surface area contributed by atoms with Crippen molar-refractivity contribution in [2.75, 3.05) is 0 Å². The molecule has 2 unspecified atom stereocenters. The van der Waals surface area contributed by atoms with E-state index >= 15 is 0 Å². The number of nitrogens with two attached hydrogens (primary N) is 1. The van der Waals surface area contributed by atoms with Gasteiger partial charge < -0.3 is 5.73 Å². The Balaban J connectivity index is 2.34. The monoisotopic (exact) mass is 135 g/mol. The van der Waals surface area contributed by atoms with Crippen LogP contribution >= 0.6 is 0 Å². The summed E-state index contributed by atoms with van der Waals surface area (Å²) in [6.45, 7) is 0. The molecule has 0 aromatic rings. The van der Waals surface area contributed by atoms with Crippen molar-refractivity contribution in [3.8, 4) is 0 Å². The van der Waals surface area contributed by atoms with Crippen molar-refractivity contribution in [2.24, 2.45) is 5.73 Å². The average molecular weight is 135 g/mol.